The number of carbonyl (C=O) groups is 3. The SMILES string of the molecule is COc1ccc(N(C)C(=O)[C@H](Cc2ccccc2)NC(=O)NS(=O)(=O)NC2C=CC(NC(C)=O)=CC2)cc1. The molecule has 4 N–H and O–H groups in total. The van der Waals surface area contributed by atoms with E-state index in [2.05, 4.69) is 15.4 Å². The van der Waals surface area contributed by atoms with Crippen molar-refractivity contribution >= 4 is 33.7 Å². The van der Waals surface area contributed by atoms with Gasteiger partial charge in [0, 0.05) is 37.8 Å². The molecule has 0 aliphatic heterocycles. The number of hydrogen-bond acceptors (Lipinski definition) is 6. The lowest BCUT2D eigenvalue weighted by molar-refractivity contribution is -0.120. The number of urea groups is 1. The number of carbonyl (C=O) groups excluding carboxylic acids is 3. The van der Waals surface area contributed by atoms with E-state index in [1.807, 2.05) is 35.1 Å². The van der Waals surface area contributed by atoms with Gasteiger partial charge in [-0.15, -0.1) is 0 Å². The summed E-state index contributed by atoms with van der Waals surface area (Å²) in [5.74, 6) is -0.0545. The molecule has 4 amide bonds. The van der Waals surface area contributed by atoms with E-state index in [1.54, 1.807) is 49.5 Å². The summed E-state index contributed by atoms with van der Waals surface area (Å²) < 4.78 is 34.6. The number of benzene rings is 2. The molecule has 0 saturated carbocycles. The van der Waals surface area contributed by atoms with E-state index < -0.39 is 34.2 Å². The lowest BCUT2D eigenvalue weighted by atomic mass is 10.0. The highest BCUT2D eigenvalue weighted by Gasteiger charge is 2.27. The zero-order valence-corrected chi connectivity index (χ0v) is 22.1. The van der Waals surface area contributed by atoms with Gasteiger partial charge in [-0.25, -0.2) is 9.52 Å². The first-order valence-corrected chi connectivity index (χ1v) is 13.3. The van der Waals surface area contributed by atoms with E-state index >= 15 is 0 Å². The standard InChI is InChI=1S/C26H31N5O6S/c1-18(32)27-20-9-11-21(12-10-20)29-38(35,36)30-26(34)28-24(17-19-7-5-4-6-8-19)25(33)31(2)22-13-15-23(37-3)16-14-22/h4-11,13-16,21,24,29H,12,17H2,1-3H3,(H,27,32)(H2,28,30,34)/t21?,24-/m0/s1. The minimum Gasteiger partial charge on any atom is -0.497 e. The lowest BCUT2D eigenvalue weighted by Crippen LogP contribution is -2.54. The van der Waals surface area contributed by atoms with Gasteiger partial charge in [0.15, 0.2) is 0 Å². The first-order valence-electron chi connectivity index (χ1n) is 11.8. The van der Waals surface area contributed by atoms with Crippen LogP contribution in [-0.4, -0.2) is 52.5 Å². The van der Waals surface area contributed by atoms with E-state index in [-0.39, 0.29) is 18.7 Å². The normalized spacial score (nSPS) is 15.6. The highest BCUT2D eigenvalue weighted by molar-refractivity contribution is 7.88. The number of nitrogens with one attached hydrogen (secondary N) is 4. The average molecular weight is 542 g/mol. The van der Waals surface area contributed by atoms with Crippen molar-refractivity contribution < 1.29 is 27.5 Å². The summed E-state index contributed by atoms with van der Waals surface area (Å²) in [6.45, 7) is 1.37. The number of nitrogens with zero attached hydrogens (tertiary/aromatic N) is 1. The summed E-state index contributed by atoms with van der Waals surface area (Å²) in [6.07, 6.45) is 5.22. The Hall–Kier alpha value is -4.16. The van der Waals surface area contributed by atoms with Crippen LogP contribution in [0.2, 0.25) is 0 Å². The third kappa shape index (κ3) is 8.46. The molecule has 1 aliphatic carbocycles. The second-order valence-corrected chi connectivity index (χ2v) is 10.0. The molecule has 0 aromatic heterocycles. The van der Waals surface area contributed by atoms with Gasteiger partial charge in [-0.1, -0.05) is 42.5 Å². The van der Waals surface area contributed by atoms with Crippen LogP contribution in [0, 0.1) is 0 Å². The van der Waals surface area contributed by atoms with Gasteiger partial charge in [0.05, 0.1) is 7.11 Å². The molecule has 11 nitrogen and oxygen atoms in total. The molecule has 0 radical (unpaired) electrons. The number of anilines is 1. The van der Waals surface area contributed by atoms with Crippen LogP contribution < -0.4 is 29.7 Å². The molecule has 0 saturated heterocycles. The number of rotatable bonds is 10. The second kappa shape index (κ2) is 12.9. The van der Waals surface area contributed by atoms with Gasteiger partial charge in [0.25, 0.3) is 0 Å². The molecule has 1 unspecified atom stereocenters. The topological polar surface area (TPSA) is 146 Å². The molecule has 38 heavy (non-hydrogen) atoms. The van der Waals surface area contributed by atoms with Crippen LogP contribution in [0.4, 0.5) is 10.5 Å². The Bertz CT molecular complexity index is 1310. The Labute approximate surface area is 222 Å². The van der Waals surface area contributed by atoms with Gasteiger partial charge in [0.1, 0.15) is 11.8 Å². The zero-order chi connectivity index (χ0) is 27.7. The molecule has 2 aromatic rings. The Balaban J connectivity index is 1.67. The summed E-state index contributed by atoms with van der Waals surface area (Å²) in [6, 6.07) is 13.1. The molecular weight excluding hydrogens is 510 g/mol. The molecular formula is C26H31N5O6S. The van der Waals surface area contributed by atoms with Crippen molar-refractivity contribution in [1.82, 2.24) is 20.1 Å². The lowest BCUT2D eigenvalue weighted by Gasteiger charge is -2.25. The van der Waals surface area contributed by atoms with Crippen LogP contribution >= 0.6 is 0 Å². The van der Waals surface area contributed by atoms with Crippen LogP contribution in [0.25, 0.3) is 0 Å². The van der Waals surface area contributed by atoms with Crippen LogP contribution in [0.15, 0.2) is 78.5 Å². The molecule has 3 rings (SSSR count). The van der Waals surface area contributed by atoms with Crippen LogP contribution in [0.3, 0.4) is 0 Å². The van der Waals surface area contributed by atoms with E-state index in [1.165, 1.54) is 18.9 Å². The van der Waals surface area contributed by atoms with Crippen molar-refractivity contribution in [1.29, 1.82) is 0 Å². The minimum absolute atomic E-state index is 0.142. The molecule has 1 aliphatic rings. The largest absolute Gasteiger partial charge is 0.497 e. The Morgan fingerprint density at radius 1 is 1.08 bits per heavy atom. The van der Waals surface area contributed by atoms with Gasteiger partial charge < -0.3 is 20.3 Å². The average Bonchev–Trinajstić information content (AvgIpc) is 2.88. The maximum atomic E-state index is 13.4. The smallest absolute Gasteiger partial charge is 0.330 e. The summed E-state index contributed by atoms with van der Waals surface area (Å²) in [4.78, 5) is 38.6. The highest BCUT2D eigenvalue weighted by Crippen LogP contribution is 2.19. The van der Waals surface area contributed by atoms with Crippen molar-refractivity contribution in [2.45, 2.75) is 31.8 Å². The van der Waals surface area contributed by atoms with Gasteiger partial charge >= 0.3 is 16.2 Å². The summed E-state index contributed by atoms with van der Waals surface area (Å²) in [7, 11) is -1.16. The van der Waals surface area contributed by atoms with Crippen molar-refractivity contribution in [2.24, 2.45) is 0 Å². The molecule has 12 heteroatoms. The third-order valence-electron chi connectivity index (χ3n) is 5.63. The molecule has 0 bridgehead atoms. The molecule has 0 fully saturated rings. The fourth-order valence-corrected chi connectivity index (χ4v) is 4.69. The van der Waals surface area contributed by atoms with E-state index in [0.717, 1.165) is 5.56 Å². The predicted octanol–water partition coefficient (Wildman–Crippen LogP) is 1.75. The number of methoxy groups -OCH3 is 1. The highest BCUT2D eigenvalue weighted by atomic mass is 32.2. The number of amides is 4. The maximum absolute atomic E-state index is 13.4. The number of hydrogen-bond donors (Lipinski definition) is 4. The van der Waals surface area contributed by atoms with Gasteiger partial charge in [-0.3, -0.25) is 9.59 Å². The third-order valence-corrected chi connectivity index (χ3v) is 6.70. The zero-order valence-electron chi connectivity index (χ0n) is 21.3. The second-order valence-electron chi connectivity index (χ2n) is 8.58. The van der Waals surface area contributed by atoms with E-state index in [4.69, 9.17) is 4.74 Å². The molecule has 0 spiro atoms. The summed E-state index contributed by atoms with van der Waals surface area (Å²) in [5.41, 5.74) is 1.91. The monoisotopic (exact) mass is 541 g/mol. The first-order chi connectivity index (χ1) is 18.1. The minimum atomic E-state index is -4.26. The molecule has 0 heterocycles. The van der Waals surface area contributed by atoms with Crippen molar-refractivity contribution in [3.63, 3.8) is 0 Å². The predicted molar refractivity (Wildman–Crippen MR) is 144 cm³/mol. The molecule has 202 valence electrons. The van der Waals surface area contributed by atoms with Crippen molar-refractivity contribution in [3.8, 4) is 5.75 Å². The van der Waals surface area contributed by atoms with E-state index in [9.17, 15) is 22.8 Å². The Morgan fingerprint density at radius 2 is 1.76 bits per heavy atom. The van der Waals surface area contributed by atoms with Crippen LogP contribution in [-0.2, 0) is 26.2 Å². The number of likely N-dealkylation sites (N-methyl/N-ethyl adjacent to an activating group) is 1. The van der Waals surface area contributed by atoms with Crippen molar-refractivity contribution in [2.75, 3.05) is 19.1 Å². The van der Waals surface area contributed by atoms with Gasteiger partial charge in [0.2, 0.25) is 11.8 Å². The van der Waals surface area contributed by atoms with Gasteiger partial charge in [-0.2, -0.15) is 13.1 Å². The van der Waals surface area contributed by atoms with Crippen LogP contribution in [0.5, 0.6) is 5.75 Å². The Kier molecular flexibility index (Phi) is 9.63. The first kappa shape index (κ1) is 28.4. The quantitative estimate of drug-likeness (QED) is 0.361. The van der Waals surface area contributed by atoms with Crippen LogP contribution in [0.1, 0.15) is 18.9 Å². The van der Waals surface area contributed by atoms with E-state index in [0.29, 0.717) is 17.1 Å². The number of ether oxygens (including phenoxy) is 1. The molecule has 2 atom stereocenters. The van der Waals surface area contributed by atoms with Gasteiger partial charge in [-0.05, 0) is 42.3 Å². The number of allylic oxidation sites excluding steroid dienone is 1. The summed E-state index contributed by atoms with van der Waals surface area (Å²) >= 11 is 0. The molecule has 2 aromatic carbocycles. The maximum Gasteiger partial charge on any atom is 0.330 e. The summed E-state index contributed by atoms with van der Waals surface area (Å²) in [5, 5.41) is 5.11. The van der Waals surface area contributed by atoms with Crippen molar-refractivity contribution in [3.05, 3.63) is 84.1 Å². The Morgan fingerprint density at radius 3 is 2.34 bits per heavy atom. The fourth-order valence-electron chi connectivity index (χ4n) is 3.76. The fraction of sp³-hybridized carbons (Fsp3) is 0.269.